The summed E-state index contributed by atoms with van der Waals surface area (Å²) in [6.07, 6.45) is 0.0680. The molecule has 1 heterocycles. The molecule has 2 aromatic rings. The number of hydrogen-bond donors (Lipinski definition) is 1. The minimum Gasteiger partial charge on any atom is -0.497 e. The van der Waals surface area contributed by atoms with E-state index in [0.29, 0.717) is 11.4 Å². The topological polar surface area (TPSA) is 102 Å². The number of methoxy groups -OCH3 is 1. The summed E-state index contributed by atoms with van der Waals surface area (Å²) in [4.78, 5) is 52.4. The van der Waals surface area contributed by atoms with Crippen molar-refractivity contribution in [2.24, 2.45) is 5.92 Å². The van der Waals surface area contributed by atoms with Gasteiger partial charge >= 0.3 is 5.97 Å². The summed E-state index contributed by atoms with van der Waals surface area (Å²) in [5.41, 5.74) is -0.0516. The number of amides is 3. The summed E-state index contributed by atoms with van der Waals surface area (Å²) in [6.45, 7) is 2.94. The first-order valence-corrected chi connectivity index (χ1v) is 11.8. The highest BCUT2D eigenvalue weighted by Crippen LogP contribution is 2.45. The molecule has 0 bridgehead atoms. The number of esters is 1. The summed E-state index contributed by atoms with van der Waals surface area (Å²) in [7, 11) is 1.49. The van der Waals surface area contributed by atoms with E-state index < -0.39 is 36.3 Å². The van der Waals surface area contributed by atoms with E-state index >= 15 is 0 Å². The van der Waals surface area contributed by atoms with Gasteiger partial charge < -0.3 is 14.8 Å². The van der Waals surface area contributed by atoms with Crippen molar-refractivity contribution in [3.05, 3.63) is 55.5 Å². The predicted molar refractivity (Wildman–Crippen MR) is 133 cm³/mol. The molecule has 0 radical (unpaired) electrons. The highest BCUT2D eigenvalue weighted by Gasteiger charge is 2.47. The van der Waals surface area contributed by atoms with E-state index in [1.165, 1.54) is 7.11 Å². The molecule has 186 valence electrons. The van der Waals surface area contributed by atoms with E-state index in [4.69, 9.17) is 55.9 Å². The zero-order valence-corrected chi connectivity index (χ0v) is 21.8. The van der Waals surface area contributed by atoms with E-state index in [1.807, 2.05) is 0 Å². The largest absolute Gasteiger partial charge is 0.497 e. The number of carbonyl (C=O) groups is 4. The third-order valence-corrected chi connectivity index (χ3v) is 6.91. The van der Waals surface area contributed by atoms with Crippen molar-refractivity contribution in [2.75, 3.05) is 19.0 Å². The van der Waals surface area contributed by atoms with Gasteiger partial charge in [0.05, 0.1) is 38.3 Å². The van der Waals surface area contributed by atoms with E-state index in [1.54, 1.807) is 38.1 Å². The van der Waals surface area contributed by atoms with Crippen molar-refractivity contribution in [3.8, 4) is 5.75 Å². The van der Waals surface area contributed by atoms with Gasteiger partial charge in [0, 0.05) is 11.8 Å². The fraction of sp³-hybridized carbons (Fsp3) is 0.304. The summed E-state index contributed by atoms with van der Waals surface area (Å²) < 4.78 is 10.3. The maximum Gasteiger partial charge on any atom is 0.329 e. The number of hydrogen-bond acceptors (Lipinski definition) is 6. The Labute approximate surface area is 221 Å². The second kappa shape index (κ2) is 11.0. The lowest BCUT2D eigenvalue weighted by Gasteiger charge is -2.26. The molecule has 12 heteroatoms. The number of rotatable bonds is 8. The van der Waals surface area contributed by atoms with Crippen LogP contribution in [-0.2, 0) is 14.3 Å². The molecule has 0 spiro atoms. The number of carbonyl (C=O) groups excluding carboxylic acids is 4. The Bertz CT molecular complexity index is 1170. The Balaban J connectivity index is 1.81. The Hall–Kier alpha value is -2.52. The van der Waals surface area contributed by atoms with Crippen molar-refractivity contribution in [3.63, 3.8) is 0 Å². The molecule has 1 atom stereocenters. The molecule has 2 aromatic carbocycles. The van der Waals surface area contributed by atoms with Gasteiger partial charge in [-0.25, -0.2) is 4.79 Å². The molecule has 1 aliphatic rings. The SMILES string of the molecule is COc1cccc(NC(=O)COC(=O)[C@H](CC(C)C)N2C(=O)c3c(Cl)c(Cl)c(Cl)c(Cl)c3C2=O)c1. The summed E-state index contributed by atoms with van der Waals surface area (Å²) >= 11 is 24.5. The average molecular weight is 562 g/mol. The lowest BCUT2D eigenvalue weighted by molar-refractivity contribution is -0.151. The van der Waals surface area contributed by atoms with Crippen molar-refractivity contribution in [2.45, 2.75) is 26.3 Å². The quantitative estimate of drug-likeness (QED) is 0.197. The Kier molecular flexibility index (Phi) is 8.54. The predicted octanol–water partition coefficient (Wildman–Crippen LogP) is 5.50. The Morgan fingerprint density at radius 3 is 2.06 bits per heavy atom. The lowest BCUT2D eigenvalue weighted by Crippen LogP contribution is -2.47. The van der Waals surface area contributed by atoms with Crippen LogP contribution in [0.4, 0.5) is 5.69 Å². The number of fused-ring (bicyclic) bond motifs is 1. The smallest absolute Gasteiger partial charge is 0.329 e. The fourth-order valence-electron chi connectivity index (χ4n) is 3.53. The van der Waals surface area contributed by atoms with Crippen molar-refractivity contribution in [1.29, 1.82) is 0 Å². The molecule has 1 N–H and O–H groups in total. The monoisotopic (exact) mass is 560 g/mol. The van der Waals surface area contributed by atoms with Crippen LogP contribution in [0.5, 0.6) is 5.75 Å². The van der Waals surface area contributed by atoms with Gasteiger partial charge in [-0.2, -0.15) is 0 Å². The first-order chi connectivity index (χ1) is 16.5. The second-order valence-corrected chi connectivity index (χ2v) is 9.53. The molecule has 0 aliphatic carbocycles. The third-order valence-electron chi connectivity index (χ3n) is 5.11. The molecule has 0 saturated carbocycles. The second-order valence-electron chi connectivity index (χ2n) is 8.02. The van der Waals surface area contributed by atoms with Crippen LogP contribution in [0.15, 0.2) is 24.3 Å². The zero-order chi connectivity index (χ0) is 26.0. The van der Waals surface area contributed by atoms with Crippen molar-refractivity contribution >= 4 is 75.8 Å². The maximum absolute atomic E-state index is 13.2. The van der Waals surface area contributed by atoms with E-state index in [0.717, 1.165) is 4.90 Å². The lowest BCUT2D eigenvalue weighted by atomic mass is 10.0. The van der Waals surface area contributed by atoms with Crippen LogP contribution in [0, 0.1) is 5.92 Å². The molecule has 8 nitrogen and oxygen atoms in total. The van der Waals surface area contributed by atoms with Crippen LogP contribution in [0.1, 0.15) is 41.0 Å². The van der Waals surface area contributed by atoms with Crippen LogP contribution >= 0.6 is 46.4 Å². The molecule has 3 amide bonds. The minimum atomic E-state index is -1.34. The van der Waals surface area contributed by atoms with Gasteiger partial charge in [0.2, 0.25) is 0 Å². The molecular formula is C23H20Cl4N2O6. The maximum atomic E-state index is 13.2. The standard InChI is InChI=1S/C23H20Cl4N2O6/c1-10(2)7-13(23(33)35-9-14(30)28-11-5-4-6-12(8-11)34-3)29-21(31)15-16(22(29)32)18(25)20(27)19(26)17(15)24/h4-6,8,10,13H,7,9H2,1-3H3,(H,28,30)/t13-/m0/s1. The number of nitrogens with zero attached hydrogens (tertiary/aromatic N) is 1. The molecule has 0 unspecified atom stereocenters. The van der Waals surface area contributed by atoms with Gasteiger partial charge in [0.15, 0.2) is 6.61 Å². The summed E-state index contributed by atoms with van der Waals surface area (Å²) in [5, 5.41) is 1.72. The minimum absolute atomic E-state index is 0.0680. The molecule has 3 rings (SSSR count). The average Bonchev–Trinajstić information content (AvgIpc) is 3.08. The number of anilines is 1. The van der Waals surface area contributed by atoms with Crippen LogP contribution in [0.2, 0.25) is 20.1 Å². The van der Waals surface area contributed by atoms with Crippen LogP contribution in [0.25, 0.3) is 0 Å². The highest BCUT2D eigenvalue weighted by atomic mass is 35.5. The number of ether oxygens (including phenoxy) is 2. The van der Waals surface area contributed by atoms with E-state index in [2.05, 4.69) is 5.32 Å². The first kappa shape index (κ1) is 27.1. The first-order valence-electron chi connectivity index (χ1n) is 10.3. The van der Waals surface area contributed by atoms with Crippen molar-refractivity contribution in [1.82, 2.24) is 4.90 Å². The number of benzene rings is 2. The number of imide groups is 1. The normalized spacial score (nSPS) is 13.7. The fourth-order valence-corrected chi connectivity index (χ4v) is 4.55. The van der Waals surface area contributed by atoms with Crippen LogP contribution in [0.3, 0.4) is 0 Å². The van der Waals surface area contributed by atoms with Gasteiger partial charge in [-0.3, -0.25) is 19.3 Å². The number of nitrogens with one attached hydrogen (secondary N) is 1. The van der Waals surface area contributed by atoms with Gasteiger partial charge in [0.25, 0.3) is 17.7 Å². The van der Waals surface area contributed by atoms with E-state index in [-0.39, 0.29) is 43.6 Å². The summed E-state index contributed by atoms with van der Waals surface area (Å²) in [6, 6.07) is 5.26. The molecule has 0 fully saturated rings. The molecule has 0 saturated heterocycles. The van der Waals surface area contributed by atoms with Gasteiger partial charge in [0.1, 0.15) is 11.8 Å². The van der Waals surface area contributed by atoms with E-state index in [9.17, 15) is 19.2 Å². The van der Waals surface area contributed by atoms with Crippen molar-refractivity contribution < 1.29 is 28.7 Å². The number of halogens is 4. The molecular weight excluding hydrogens is 542 g/mol. The Morgan fingerprint density at radius 2 is 1.54 bits per heavy atom. The van der Waals surface area contributed by atoms with Gasteiger partial charge in [-0.15, -0.1) is 0 Å². The van der Waals surface area contributed by atoms with Crippen LogP contribution in [-0.4, -0.2) is 48.3 Å². The van der Waals surface area contributed by atoms with Gasteiger partial charge in [-0.05, 0) is 24.5 Å². The summed E-state index contributed by atoms with van der Waals surface area (Å²) in [5.74, 6) is -2.89. The van der Waals surface area contributed by atoms with Crippen LogP contribution < -0.4 is 10.1 Å². The highest BCUT2D eigenvalue weighted by molar-refractivity contribution is 6.55. The Morgan fingerprint density at radius 1 is 0.971 bits per heavy atom. The molecule has 0 aromatic heterocycles. The zero-order valence-electron chi connectivity index (χ0n) is 18.8. The van der Waals surface area contributed by atoms with Gasteiger partial charge in [-0.1, -0.05) is 66.3 Å². The molecule has 35 heavy (non-hydrogen) atoms. The third kappa shape index (κ3) is 5.51. The molecule has 1 aliphatic heterocycles.